The third-order valence-electron chi connectivity index (χ3n) is 4.15. The minimum Gasteiger partial charge on any atom is -0.496 e. The highest BCUT2D eigenvalue weighted by molar-refractivity contribution is 6.30. The fraction of sp³-hybridized carbons (Fsp3) is 0.647. The molecule has 0 heterocycles. The molecule has 0 fully saturated rings. The highest BCUT2D eigenvalue weighted by Crippen LogP contribution is 2.40. The highest BCUT2D eigenvalue weighted by Gasteiger charge is 2.22. The van der Waals surface area contributed by atoms with Crippen molar-refractivity contribution in [3.8, 4) is 5.75 Å². The third-order valence-corrected chi connectivity index (χ3v) is 4.37. The van der Waals surface area contributed by atoms with Crippen molar-refractivity contribution < 1.29 is 4.74 Å². The molecule has 4 N–H and O–H groups in total. The van der Waals surface area contributed by atoms with Crippen LogP contribution >= 0.6 is 11.6 Å². The fourth-order valence-corrected chi connectivity index (χ4v) is 3.04. The number of halogens is 1. The monoisotopic (exact) mass is 312 g/mol. The Morgan fingerprint density at radius 3 is 2.14 bits per heavy atom. The van der Waals surface area contributed by atoms with E-state index in [4.69, 9.17) is 27.8 Å². The first-order valence-electron chi connectivity index (χ1n) is 7.75. The summed E-state index contributed by atoms with van der Waals surface area (Å²) >= 11 is 6.32. The van der Waals surface area contributed by atoms with Gasteiger partial charge in [-0.1, -0.05) is 32.4 Å². The fourth-order valence-electron chi connectivity index (χ4n) is 2.81. The molecular weight excluding hydrogens is 284 g/mol. The van der Waals surface area contributed by atoms with Gasteiger partial charge in [0.25, 0.3) is 0 Å². The zero-order valence-corrected chi connectivity index (χ0v) is 14.4. The second-order valence-electron chi connectivity index (χ2n) is 5.95. The maximum Gasteiger partial charge on any atom is 0.125 e. The van der Waals surface area contributed by atoms with Gasteiger partial charge in [0.15, 0.2) is 0 Å². The van der Waals surface area contributed by atoms with Gasteiger partial charge in [-0.3, -0.25) is 0 Å². The molecule has 4 heteroatoms. The Bertz CT molecular complexity index is 445. The number of rotatable bonds is 8. The number of hydrogen-bond donors (Lipinski definition) is 2. The molecule has 120 valence electrons. The van der Waals surface area contributed by atoms with E-state index in [-0.39, 0.29) is 0 Å². The SMILES string of the molecule is CCC(CC(CN)CN)c1cc(Cl)cc(C(C)C)c1OC. The zero-order chi connectivity index (χ0) is 16.0. The number of nitrogens with two attached hydrogens (primary N) is 2. The van der Waals surface area contributed by atoms with Gasteiger partial charge in [-0.25, -0.2) is 0 Å². The predicted molar refractivity (Wildman–Crippen MR) is 91.3 cm³/mol. The van der Waals surface area contributed by atoms with Crippen molar-refractivity contribution >= 4 is 11.6 Å². The molecule has 0 radical (unpaired) electrons. The van der Waals surface area contributed by atoms with Crippen molar-refractivity contribution in [2.75, 3.05) is 20.2 Å². The van der Waals surface area contributed by atoms with E-state index in [0.29, 0.717) is 30.8 Å². The summed E-state index contributed by atoms with van der Waals surface area (Å²) in [6.07, 6.45) is 1.99. The first kappa shape index (κ1) is 18.3. The summed E-state index contributed by atoms with van der Waals surface area (Å²) in [5, 5.41) is 0.769. The van der Waals surface area contributed by atoms with Gasteiger partial charge in [-0.2, -0.15) is 0 Å². The van der Waals surface area contributed by atoms with E-state index >= 15 is 0 Å². The molecule has 1 aromatic carbocycles. The molecule has 0 aromatic heterocycles. The van der Waals surface area contributed by atoms with Crippen LogP contribution in [0.1, 0.15) is 56.6 Å². The van der Waals surface area contributed by atoms with E-state index in [0.717, 1.165) is 29.2 Å². The van der Waals surface area contributed by atoms with E-state index in [2.05, 4.69) is 20.8 Å². The van der Waals surface area contributed by atoms with Crippen LogP contribution in [0.25, 0.3) is 0 Å². The molecule has 3 nitrogen and oxygen atoms in total. The molecule has 0 aliphatic heterocycles. The molecule has 0 aliphatic carbocycles. The summed E-state index contributed by atoms with van der Waals surface area (Å²) in [6, 6.07) is 4.04. The lowest BCUT2D eigenvalue weighted by atomic mass is 9.84. The van der Waals surface area contributed by atoms with Crippen molar-refractivity contribution in [1.29, 1.82) is 0 Å². The van der Waals surface area contributed by atoms with E-state index in [1.165, 1.54) is 5.56 Å². The van der Waals surface area contributed by atoms with Crippen molar-refractivity contribution in [1.82, 2.24) is 0 Å². The molecule has 1 atom stereocenters. The number of methoxy groups -OCH3 is 1. The smallest absolute Gasteiger partial charge is 0.125 e. The number of ether oxygens (including phenoxy) is 1. The molecule has 1 aromatic rings. The Balaban J connectivity index is 3.24. The van der Waals surface area contributed by atoms with Crippen LogP contribution in [0.3, 0.4) is 0 Å². The minimum atomic E-state index is 0.334. The molecule has 0 aliphatic rings. The highest BCUT2D eigenvalue weighted by atomic mass is 35.5. The summed E-state index contributed by atoms with van der Waals surface area (Å²) in [6.45, 7) is 7.73. The first-order valence-corrected chi connectivity index (χ1v) is 8.13. The quantitative estimate of drug-likeness (QED) is 0.765. The van der Waals surface area contributed by atoms with Gasteiger partial charge >= 0.3 is 0 Å². The second kappa shape index (κ2) is 8.62. The van der Waals surface area contributed by atoms with Gasteiger partial charge in [0, 0.05) is 5.02 Å². The van der Waals surface area contributed by atoms with E-state index < -0.39 is 0 Å². The second-order valence-corrected chi connectivity index (χ2v) is 6.39. The van der Waals surface area contributed by atoms with Gasteiger partial charge in [-0.15, -0.1) is 0 Å². The van der Waals surface area contributed by atoms with Crippen molar-refractivity contribution in [2.24, 2.45) is 17.4 Å². The molecule has 0 saturated heterocycles. The Morgan fingerprint density at radius 2 is 1.71 bits per heavy atom. The number of benzene rings is 1. The van der Waals surface area contributed by atoms with E-state index in [1.807, 2.05) is 12.1 Å². The third kappa shape index (κ3) is 4.60. The molecule has 0 saturated carbocycles. The van der Waals surface area contributed by atoms with Crippen LogP contribution in [0.15, 0.2) is 12.1 Å². The largest absolute Gasteiger partial charge is 0.496 e. The van der Waals surface area contributed by atoms with Gasteiger partial charge < -0.3 is 16.2 Å². The average Bonchev–Trinajstić information content (AvgIpc) is 2.47. The van der Waals surface area contributed by atoms with Crippen LogP contribution in [-0.4, -0.2) is 20.2 Å². The standard InChI is InChI=1S/C17H29ClN2O/c1-5-13(6-12(9-19)10-20)16-8-14(18)7-15(11(2)3)17(16)21-4/h7-8,11-13H,5-6,9-10,19-20H2,1-4H3. The van der Waals surface area contributed by atoms with Gasteiger partial charge in [0.1, 0.15) is 5.75 Å². The lowest BCUT2D eigenvalue weighted by molar-refractivity contribution is 0.384. The zero-order valence-electron chi connectivity index (χ0n) is 13.7. The average molecular weight is 313 g/mol. The van der Waals surface area contributed by atoms with Crippen LogP contribution in [0.2, 0.25) is 5.02 Å². The summed E-state index contributed by atoms with van der Waals surface area (Å²) in [4.78, 5) is 0. The van der Waals surface area contributed by atoms with Gasteiger partial charge in [0.05, 0.1) is 7.11 Å². The molecule has 0 amide bonds. The predicted octanol–water partition coefficient (Wildman–Crippen LogP) is 3.89. The molecule has 21 heavy (non-hydrogen) atoms. The van der Waals surface area contributed by atoms with Gasteiger partial charge in [-0.05, 0) is 66.9 Å². The van der Waals surface area contributed by atoms with E-state index in [9.17, 15) is 0 Å². The lowest BCUT2D eigenvalue weighted by Crippen LogP contribution is -2.25. The van der Waals surface area contributed by atoms with Crippen LogP contribution < -0.4 is 16.2 Å². The Hall–Kier alpha value is -0.770. The number of hydrogen-bond acceptors (Lipinski definition) is 3. The van der Waals surface area contributed by atoms with Crippen LogP contribution in [0.4, 0.5) is 0 Å². The van der Waals surface area contributed by atoms with Crippen LogP contribution in [0.5, 0.6) is 5.75 Å². The molecule has 1 rings (SSSR count). The lowest BCUT2D eigenvalue weighted by Gasteiger charge is -2.25. The summed E-state index contributed by atoms with van der Waals surface area (Å²) < 4.78 is 5.70. The molecule has 1 unspecified atom stereocenters. The topological polar surface area (TPSA) is 61.3 Å². The minimum absolute atomic E-state index is 0.334. The maximum absolute atomic E-state index is 6.32. The van der Waals surface area contributed by atoms with Crippen molar-refractivity contribution in [3.05, 3.63) is 28.3 Å². The summed E-state index contributed by atoms with van der Waals surface area (Å²) in [7, 11) is 1.73. The maximum atomic E-state index is 6.32. The normalized spacial score (nSPS) is 13.0. The van der Waals surface area contributed by atoms with Crippen LogP contribution in [0, 0.1) is 5.92 Å². The Labute approximate surface area is 134 Å². The Morgan fingerprint density at radius 1 is 1.14 bits per heavy atom. The molecule has 0 spiro atoms. The van der Waals surface area contributed by atoms with Crippen molar-refractivity contribution in [3.63, 3.8) is 0 Å². The molecule has 0 bridgehead atoms. The van der Waals surface area contributed by atoms with Gasteiger partial charge in [0.2, 0.25) is 0 Å². The first-order chi connectivity index (χ1) is 9.98. The summed E-state index contributed by atoms with van der Waals surface area (Å²) in [5.41, 5.74) is 14.0. The van der Waals surface area contributed by atoms with Crippen LogP contribution in [-0.2, 0) is 0 Å². The van der Waals surface area contributed by atoms with E-state index in [1.54, 1.807) is 7.11 Å². The molecular formula is C17H29ClN2O. The summed E-state index contributed by atoms with van der Waals surface area (Å²) in [5.74, 6) is 2.04. The van der Waals surface area contributed by atoms with Crippen molar-refractivity contribution in [2.45, 2.75) is 45.4 Å². The Kier molecular flexibility index (Phi) is 7.50.